The highest BCUT2D eigenvalue weighted by Crippen LogP contribution is 2.22. The molecule has 1 heterocycles. The van der Waals surface area contributed by atoms with Gasteiger partial charge in [-0.2, -0.15) is 0 Å². The van der Waals surface area contributed by atoms with Crippen molar-refractivity contribution < 1.29 is 4.79 Å². The molecule has 0 aromatic carbocycles. The Morgan fingerprint density at radius 3 is 2.67 bits per heavy atom. The average molecular weight is 207 g/mol. The molecule has 0 unspecified atom stereocenters. The summed E-state index contributed by atoms with van der Waals surface area (Å²) in [5.74, 6) is 1.38. The summed E-state index contributed by atoms with van der Waals surface area (Å²) in [6.07, 6.45) is 7.11. The monoisotopic (exact) mass is 207 g/mol. The van der Waals surface area contributed by atoms with Crippen molar-refractivity contribution in [2.45, 2.75) is 31.7 Å². The zero-order valence-corrected chi connectivity index (χ0v) is 9.31. The third-order valence-electron chi connectivity index (χ3n) is 3.17. The molecule has 0 N–H and O–H groups in total. The third-order valence-corrected chi connectivity index (χ3v) is 3.17. The van der Waals surface area contributed by atoms with E-state index in [1.54, 1.807) is 6.20 Å². The van der Waals surface area contributed by atoms with Gasteiger partial charge in [-0.15, -0.1) is 0 Å². The number of imidazole rings is 1. The highest BCUT2D eigenvalue weighted by atomic mass is 16.1. The minimum absolute atomic E-state index is 0.402. The van der Waals surface area contributed by atoms with Crippen molar-refractivity contribution in [1.82, 2.24) is 9.55 Å². The maximum absolute atomic E-state index is 11.1. The second kappa shape index (κ2) is 4.04. The number of ketones is 1. The van der Waals surface area contributed by atoms with Gasteiger partial charge in [0.15, 0.2) is 0 Å². The minimum Gasteiger partial charge on any atom is -0.342 e. The lowest BCUT2D eigenvalue weighted by Crippen LogP contribution is -2.36. The van der Waals surface area contributed by atoms with E-state index in [9.17, 15) is 4.79 Å². The first kappa shape index (κ1) is 10.2. The number of aromatic nitrogens is 2. The zero-order valence-electron chi connectivity index (χ0n) is 9.31. The molecule has 1 aliphatic carbocycles. The van der Waals surface area contributed by atoms with E-state index in [1.165, 1.54) is 0 Å². The van der Waals surface area contributed by atoms with Crippen LogP contribution >= 0.6 is 0 Å². The molecular weight excluding hydrogens is 190 g/mol. The zero-order chi connectivity index (χ0) is 10.8. The predicted molar refractivity (Wildman–Crippen MR) is 58.9 cm³/mol. The Labute approximate surface area is 89.9 Å². The molecule has 0 saturated heterocycles. The summed E-state index contributed by atoms with van der Waals surface area (Å²) >= 11 is 0. The Morgan fingerprint density at radius 2 is 2.13 bits per heavy atom. The summed E-state index contributed by atoms with van der Waals surface area (Å²) in [6, 6.07) is 0.462. The number of nitrogens with zero attached hydrogens (tertiary/aromatic N) is 3. The van der Waals surface area contributed by atoms with E-state index in [0.29, 0.717) is 11.8 Å². The molecule has 4 heteroatoms. The van der Waals surface area contributed by atoms with Crippen molar-refractivity contribution >= 4 is 11.7 Å². The van der Waals surface area contributed by atoms with Crippen molar-refractivity contribution in [3.8, 4) is 0 Å². The maximum Gasteiger partial charge on any atom is 0.205 e. The van der Waals surface area contributed by atoms with Crippen LogP contribution in [-0.4, -0.2) is 28.4 Å². The van der Waals surface area contributed by atoms with Crippen LogP contribution in [0.5, 0.6) is 0 Å². The number of aryl methyl sites for hydroxylation is 1. The summed E-state index contributed by atoms with van der Waals surface area (Å²) in [4.78, 5) is 17.6. The minimum atomic E-state index is 0.402. The van der Waals surface area contributed by atoms with E-state index < -0.39 is 0 Å². The molecule has 1 aromatic rings. The lowest BCUT2D eigenvalue weighted by atomic mass is 9.93. The number of Topliss-reactive ketones (excluding diaryl/α,β-unsaturated/α-hetero) is 1. The van der Waals surface area contributed by atoms with E-state index >= 15 is 0 Å². The van der Waals surface area contributed by atoms with E-state index in [1.807, 2.05) is 17.8 Å². The van der Waals surface area contributed by atoms with Gasteiger partial charge in [-0.3, -0.25) is 4.79 Å². The van der Waals surface area contributed by atoms with E-state index in [-0.39, 0.29) is 0 Å². The lowest BCUT2D eigenvalue weighted by molar-refractivity contribution is -0.120. The van der Waals surface area contributed by atoms with Crippen LogP contribution in [0.1, 0.15) is 25.7 Å². The summed E-state index contributed by atoms with van der Waals surface area (Å²) < 4.78 is 2.01. The maximum atomic E-state index is 11.1. The van der Waals surface area contributed by atoms with Crippen molar-refractivity contribution in [3.05, 3.63) is 12.4 Å². The van der Waals surface area contributed by atoms with Gasteiger partial charge in [-0.25, -0.2) is 4.98 Å². The van der Waals surface area contributed by atoms with Gasteiger partial charge in [0.1, 0.15) is 5.78 Å². The van der Waals surface area contributed by atoms with Gasteiger partial charge >= 0.3 is 0 Å². The molecule has 82 valence electrons. The molecule has 1 aromatic heterocycles. The van der Waals surface area contributed by atoms with Crippen molar-refractivity contribution in [2.75, 3.05) is 11.9 Å². The Morgan fingerprint density at radius 1 is 1.47 bits per heavy atom. The molecule has 2 rings (SSSR count). The topological polar surface area (TPSA) is 38.1 Å². The lowest BCUT2D eigenvalue weighted by Gasteiger charge is -2.31. The van der Waals surface area contributed by atoms with Crippen molar-refractivity contribution in [1.29, 1.82) is 0 Å². The van der Waals surface area contributed by atoms with E-state index in [4.69, 9.17) is 0 Å². The van der Waals surface area contributed by atoms with Crippen LogP contribution in [0.3, 0.4) is 0 Å². The van der Waals surface area contributed by atoms with Crippen molar-refractivity contribution in [2.24, 2.45) is 7.05 Å². The Kier molecular flexibility index (Phi) is 2.75. The molecule has 1 saturated carbocycles. The van der Waals surface area contributed by atoms with E-state index in [0.717, 1.165) is 31.6 Å². The largest absolute Gasteiger partial charge is 0.342 e. The summed E-state index contributed by atoms with van der Waals surface area (Å²) in [5.41, 5.74) is 0. The van der Waals surface area contributed by atoms with Crippen LogP contribution in [0.2, 0.25) is 0 Å². The fourth-order valence-electron chi connectivity index (χ4n) is 2.17. The molecule has 0 bridgehead atoms. The molecule has 15 heavy (non-hydrogen) atoms. The number of carbonyl (C=O) groups is 1. The molecule has 1 fully saturated rings. The first-order valence-corrected chi connectivity index (χ1v) is 5.40. The van der Waals surface area contributed by atoms with Gasteiger partial charge in [-0.1, -0.05) is 0 Å². The molecule has 1 aliphatic rings. The van der Waals surface area contributed by atoms with Crippen LogP contribution in [-0.2, 0) is 11.8 Å². The van der Waals surface area contributed by atoms with Gasteiger partial charge < -0.3 is 9.47 Å². The average Bonchev–Trinajstić information content (AvgIpc) is 2.65. The predicted octanol–water partition coefficient (Wildman–Crippen LogP) is 1.37. The first-order valence-electron chi connectivity index (χ1n) is 5.40. The summed E-state index contributed by atoms with van der Waals surface area (Å²) in [7, 11) is 4.05. The molecule has 0 radical (unpaired) electrons. The van der Waals surface area contributed by atoms with E-state index in [2.05, 4.69) is 16.9 Å². The van der Waals surface area contributed by atoms with Gasteiger partial charge in [0, 0.05) is 45.4 Å². The Balaban J connectivity index is 2.05. The first-order chi connectivity index (χ1) is 7.18. The second-order valence-corrected chi connectivity index (χ2v) is 4.22. The molecular formula is C11H17N3O. The van der Waals surface area contributed by atoms with Crippen LogP contribution in [0.4, 0.5) is 5.95 Å². The quantitative estimate of drug-likeness (QED) is 0.735. The fraction of sp³-hybridized carbons (Fsp3) is 0.636. The standard InChI is InChI=1S/C11H17N3O/c1-13-8-7-12-11(13)14(2)9-3-5-10(15)6-4-9/h7-9H,3-6H2,1-2H3. The second-order valence-electron chi connectivity index (χ2n) is 4.22. The highest BCUT2D eigenvalue weighted by Gasteiger charge is 2.23. The normalized spacial score (nSPS) is 18.1. The van der Waals surface area contributed by atoms with Gasteiger partial charge in [0.2, 0.25) is 5.95 Å². The molecule has 0 spiro atoms. The number of rotatable bonds is 2. The number of hydrogen-bond acceptors (Lipinski definition) is 3. The number of hydrogen-bond donors (Lipinski definition) is 0. The third kappa shape index (κ3) is 2.03. The van der Waals surface area contributed by atoms with Crippen LogP contribution in [0.15, 0.2) is 12.4 Å². The molecule has 4 nitrogen and oxygen atoms in total. The Bertz CT molecular complexity index is 348. The molecule has 0 atom stereocenters. The Hall–Kier alpha value is -1.32. The van der Waals surface area contributed by atoms with Gasteiger partial charge in [0.25, 0.3) is 0 Å². The van der Waals surface area contributed by atoms with Crippen LogP contribution in [0, 0.1) is 0 Å². The highest BCUT2D eigenvalue weighted by molar-refractivity contribution is 5.79. The van der Waals surface area contributed by atoms with Crippen LogP contribution in [0.25, 0.3) is 0 Å². The molecule has 0 amide bonds. The van der Waals surface area contributed by atoms with Crippen LogP contribution < -0.4 is 4.90 Å². The van der Waals surface area contributed by atoms with Gasteiger partial charge in [-0.05, 0) is 12.8 Å². The molecule has 0 aliphatic heterocycles. The summed E-state index contributed by atoms with van der Waals surface area (Å²) in [6.45, 7) is 0. The SMILES string of the molecule is CN(c1nccn1C)C1CCC(=O)CC1. The van der Waals surface area contributed by atoms with Crippen molar-refractivity contribution in [3.63, 3.8) is 0 Å². The fourth-order valence-corrected chi connectivity index (χ4v) is 2.17. The summed E-state index contributed by atoms with van der Waals surface area (Å²) in [5, 5.41) is 0. The van der Waals surface area contributed by atoms with Gasteiger partial charge in [0.05, 0.1) is 0 Å². The number of carbonyl (C=O) groups excluding carboxylic acids is 1. The number of anilines is 1. The smallest absolute Gasteiger partial charge is 0.205 e.